The lowest BCUT2D eigenvalue weighted by Gasteiger charge is -2.05. The van der Waals surface area contributed by atoms with Crippen molar-refractivity contribution in [3.05, 3.63) is 41.0 Å². The first kappa shape index (κ1) is 12.8. The second-order valence-corrected chi connectivity index (χ2v) is 4.25. The first-order valence-corrected chi connectivity index (χ1v) is 5.91. The minimum Gasteiger partial charge on any atom is -0.383 e. The first-order valence-electron chi connectivity index (χ1n) is 5.53. The van der Waals surface area contributed by atoms with Crippen LogP contribution in [0.25, 0.3) is 10.9 Å². The van der Waals surface area contributed by atoms with Gasteiger partial charge in [-0.2, -0.15) is 0 Å². The van der Waals surface area contributed by atoms with Crippen LogP contribution in [0.15, 0.2) is 30.5 Å². The quantitative estimate of drug-likeness (QED) is 0.862. The monoisotopic (exact) mass is 264 g/mol. The summed E-state index contributed by atoms with van der Waals surface area (Å²) in [5.41, 5.74) is 1.30. The average molecular weight is 265 g/mol. The molecule has 2 aromatic rings. The van der Waals surface area contributed by atoms with Crippen molar-refractivity contribution >= 4 is 28.4 Å². The Labute approximate surface area is 110 Å². The molecule has 0 aliphatic heterocycles. The van der Waals surface area contributed by atoms with Gasteiger partial charge in [-0.15, -0.1) is 0 Å². The number of pyridine rings is 1. The molecule has 1 N–H and O–H groups in total. The molecule has 2 rings (SSSR count). The molecular weight excluding hydrogens is 252 g/mol. The Hall–Kier alpha value is -1.65. The molecule has 0 saturated heterocycles. The Balaban J connectivity index is 2.19. The third kappa shape index (κ3) is 2.97. The number of hydrogen-bond donors (Lipinski definition) is 1. The summed E-state index contributed by atoms with van der Waals surface area (Å²) in [5.74, 6) is -0.156. The largest absolute Gasteiger partial charge is 0.383 e. The van der Waals surface area contributed by atoms with Crippen molar-refractivity contribution in [1.82, 2.24) is 10.3 Å². The van der Waals surface area contributed by atoms with Crippen LogP contribution in [0.3, 0.4) is 0 Å². The van der Waals surface area contributed by atoms with Gasteiger partial charge >= 0.3 is 0 Å². The maximum absolute atomic E-state index is 11.8. The highest BCUT2D eigenvalue weighted by Crippen LogP contribution is 2.18. The molecule has 0 saturated carbocycles. The van der Waals surface area contributed by atoms with Gasteiger partial charge in [0, 0.05) is 30.3 Å². The van der Waals surface area contributed by atoms with Crippen molar-refractivity contribution in [2.45, 2.75) is 0 Å². The van der Waals surface area contributed by atoms with Gasteiger partial charge < -0.3 is 10.1 Å². The van der Waals surface area contributed by atoms with Gasteiger partial charge in [-0.25, -0.2) is 0 Å². The highest BCUT2D eigenvalue weighted by molar-refractivity contribution is 6.31. The third-order valence-corrected chi connectivity index (χ3v) is 2.74. The second-order valence-electron chi connectivity index (χ2n) is 3.81. The predicted octanol–water partition coefficient (Wildman–Crippen LogP) is 2.26. The van der Waals surface area contributed by atoms with E-state index < -0.39 is 0 Å². The molecule has 0 atom stereocenters. The van der Waals surface area contributed by atoms with Crippen molar-refractivity contribution in [3.63, 3.8) is 0 Å². The third-order valence-electron chi connectivity index (χ3n) is 2.50. The summed E-state index contributed by atoms with van der Waals surface area (Å²) >= 11 is 5.87. The highest BCUT2D eigenvalue weighted by Gasteiger charge is 2.06. The molecule has 94 valence electrons. The SMILES string of the molecule is COCCNC(=O)c1cnc2cc(Cl)ccc2c1. The van der Waals surface area contributed by atoms with E-state index in [0.717, 1.165) is 10.9 Å². The van der Waals surface area contributed by atoms with Crippen LogP contribution in [0.2, 0.25) is 5.02 Å². The lowest BCUT2D eigenvalue weighted by atomic mass is 10.1. The van der Waals surface area contributed by atoms with Crippen molar-refractivity contribution in [3.8, 4) is 0 Å². The molecule has 1 aromatic carbocycles. The molecule has 1 amide bonds. The molecule has 1 heterocycles. The summed E-state index contributed by atoms with van der Waals surface area (Å²) in [6.07, 6.45) is 1.54. The van der Waals surface area contributed by atoms with Crippen LogP contribution in [-0.4, -0.2) is 31.2 Å². The van der Waals surface area contributed by atoms with Gasteiger partial charge in [-0.3, -0.25) is 9.78 Å². The molecular formula is C13H13ClN2O2. The number of methoxy groups -OCH3 is 1. The van der Waals surface area contributed by atoms with Crippen molar-refractivity contribution in [2.24, 2.45) is 0 Å². The standard InChI is InChI=1S/C13H13ClN2O2/c1-18-5-4-15-13(17)10-6-9-2-3-11(14)7-12(9)16-8-10/h2-3,6-8H,4-5H2,1H3,(H,15,17). The smallest absolute Gasteiger partial charge is 0.252 e. The molecule has 5 heteroatoms. The lowest BCUT2D eigenvalue weighted by Crippen LogP contribution is -2.26. The number of nitrogens with zero attached hydrogens (tertiary/aromatic N) is 1. The lowest BCUT2D eigenvalue weighted by molar-refractivity contribution is 0.0937. The maximum atomic E-state index is 11.8. The number of benzene rings is 1. The normalized spacial score (nSPS) is 10.6. The molecule has 0 radical (unpaired) electrons. The number of carbonyl (C=O) groups excluding carboxylic acids is 1. The van der Waals surface area contributed by atoms with Crippen molar-refractivity contribution in [2.75, 3.05) is 20.3 Å². The summed E-state index contributed by atoms with van der Waals surface area (Å²) < 4.78 is 4.87. The summed E-state index contributed by atoms with van der Waals surface area (Å²) in [6.45, 7) is 0.969. The van der Waals surface area contributed by atoms with Crippen LogP contribution >= 0.6 is 11.6 Å². The fourth-order valence-electron chi connectivity index (χ4n) is 1.59. The Morgan fingerprint density at radius 1 is 1.44 bits per heavy atom. The van der Waals surface area contributed by atoms with Crippen molar-refractivity contribution < 1.29 is 9.53 Å². The van der Waals surface area contributed by atoms with E-state index in [0.29, 0.717) is 23.7 Å². The minimum atomic E-state index is -0.156. The Morgan fingerprint density at radius 3 is 3.06 bits per heavy atom. The van der Waals surface area contributed by atoms with Crippen molar-refractivity contribution in [1.29, 1.82) is 0 Å². The van der Waals surface area contributed by atoms with Crippen LogP contribution < -0.4 is 5.32 Å². The van der Waals surface area contributed by atoms with E-state index in [1.54, 1.807) is 31.5 Å². The number of hydrogen-bond acceptors (Lipinski definition) is 3. The van der Waals surface area contributed by atoms with E-state index in [1.807, 2.05) is 6.07 Å². The summed E-state index contributed by atoms with van der Waals surface area (Å²) in [6, 6.07) is 7.18. The van der Waals surface area contributed by atoms with Gasteiger partial charge in [0.05, 0.1) is 17.7 Å². The Morgan fingerprint density at radius 2 is 2.28 bits per heavy atom. The Kier molecular flexibility index (Phi) is 4.12. The first-order chi connectivity index (χ1) is 8.70. The molecule has 0 fully saturated rings. The van der Waals surface area contributed by atoms with Crippen LogP contribution in [0, 0.1) is 0 Å². The second kappa shape index (κ2) is 5.80. The Bertz CT molecular complexity index is 572. The van der Waals surface area contributed by atoms with E-state index in [-0.39, 0.29) is 5.91 Å². The summed E-state index contributed by atoms with van der Waals surface area (Å²) in [7, 11) is 1.59. The molecule has 0 unspecified atom stereocenters. The molecule has 4 nitrogen and oxygen atoms in total. The topological polar surface area (TPSA) is 51.2 Å². The maximum Gasteiger partial charge on any atom is 0.252 e. The van der Waals surface area contributed by atoms with Crippen LogP contribution in [0.1, 0.15) is 10.4 Å². The molecule has 0 aliphatic rings. The number of nitrogens with one attached hydrogen (secondary N) is 1. The summed E-state index contributed by atoms with van der Waals surface area (Å²) in [5, 5.41) is 4.27. The van der Waals surface area contributed by atoms with E-state index in [4.69, 9.17) is 16.3 Å². The zero-order valence-electron chi connectivity index (χ0n) is 9.94. The fraction of sp³-hybridized carbons (Fsp3) is 0.231. The number of ether oxygens (including phenoxy) is 1. The number of aromatic nitrogens is 1. The van der Waals surface area contributed by atoms with E-state index in [9.17, 15) is 4.79 Å². The van der Waals surface area contributed by atoms with Crippen LogP contribution in [0.4, 0.5) is 0 Å². The zero-order chi connectivity index (χ0) is 13.0. The fourth-order valence-corrected chi connectivity index (χ4v) is 1.75. The van der Waals surface area contributed by atoms with Gasteiger partial charge in [-0.1, -0.05) is 17.7 Å². The molecule has 18 heavy (non-hydrogen) atoms. The number of halogens is 1. The van der Waals surface area contributed by atoms with Gasteiger partial charge in [0.15, 0.2) is 0 Å². The molecule has 0 aliphatic carbocycles. The van der Waals surface area contributed by atoms with Crippen LogP contribution in [-0.2, 0) is 4.74 Å². The molecule has 1 aromatic heterocycles. The van der Waals surface area contributed by atoms with Crippen LogP contribution in [0.5, 0.6) is 0 Å². The molecule has 0 bridgehead atoms. The van der Waals surface area contributed by atoms with E-state index in [2.05, 4.69) is 10.3 Å². The van der Waals surface area contributed by atoms with Gasteiger partial charge in [0.2, 0.25) is 0 Å². The summed E-state index contributed by atoms with van der Waals surface area (Å²) in [4.78, 5) is 16.0. The van der Waals surface area contributed by atoms with E-state index >= 15 is 0 Å². The van der Waals surface area contributed by atoms with E-state index in [1.165, 1.54) is 0 Å². The van der Waals surface area contributed by atoms with Gasteiger partial charge in [-0.05, 0) is 18.2 Å². The molecule has 0 spiro atoms. The number of rotatable bonds is 4. The predicted molar refractivity (Wildman–Crippen MR) is 71.0 cm³/mol. The van der Waals surface area contributed by atoms with Gasteiger partial charge in [0.25, 0.3) is 5.91 Å². The number of fused-ring (bicyclic) bond motifs is 1. The minimum absolute atomic E-state index is 0.156. The highest BCUT2D eigenvalue weighted by atomic mass is 35.5. The zero-order valence-corrected chi connectivity index (χ0v) is 10.7. The van der Waals surface area contributed by atoms with Gasteiger partial charge in [0.1, 0.15) is 0 Å². The average Bonchev–Trinajstić information content (AvgIpc) is 2.38. The number of amides is 1. The number of carbonyl (C=O) groups is 1.